The normalized spacial score (nSPS) is 27.2. The lowest BCUT2D eigenvalue weighted by atomic mass is 9.94. The smallest absolute Gasteiger partial charge is 0.0798 e. The molecule has 2 rings (SSSR count). The number of nitrogens with one attached hydrogen (secondary N) is 1. The maximum absolute atomic E-state index is 4.31. The number of hydrogen-bond acceptors (Lipinski definition) is 4. The van der Waals surface area contributed by atoms with Crippen LogP contribution in [0.15, 0.2) is 5.51 Å². The van der Waals surface area contributed by atoms with Gasteiger partial charge in [-0.2, -0.15) is 0 Å². The number of rotatable bonds is 3. The molecule has 1 aliphatic heterocycles. The molecule has 4 heteroatoms. The molecule has 2 unspecified atom stereocenters. The number of piperidine rings is 1. The highest BCUT2D eigenvalue weighted by molar-refractivity contribution is 7.09. The minimum absolute atomic E-state index is 0.693. The Labute approximate surface area is 102 Å². The molecule has 1 N–H and O–H groups in total. The lowest BCUT2D eigenvalue weighted by molar-refractivity contribution is 0.146. The first-order valence-corrected chi connectivity index (χ1v) is 6.87. The van der Waals surface area contributed by atoms with E-state index in [9.17, 15) is 0 Å². The van der Waals surface area contributed by atoms with E-state index < -0.39 is 0 Å². The van der Waals surface area contributed by atoms with Gasteiger partial charge in [-0.05, 0) is 26.3 Å². The van der Waals surface area contributed by atoms with Crippen molar-refractivity contribution in [2.75, 3.05) is 20.1 Å². The fourth-order valence-electron chi connectivity index (χ4n) is 2.49. The van der Waals surface area contributed by atoms with Gasteiger partial charge in [-0.3, -0.25) is 4.90 Å². The Hall–Kier alpha value is -0.450. The number of aryl methyl sites for hydroxylation is 1. The van der Waals surface area contributed by atoms with Gasteiger partial charge in [0.2, 0.25) is 0 Å². The van der Waals surface area contributed by atoms with Gasteiger partial charge in [-0.25, -0.2) is 4.98 Å². The lowest BCUT2D eigenvalue weighted by Gasteiger charge is -2.36. The summed E-state index contributed by atoms with van der Waals surface area (Å²) in [6.45, 7) is 7.93. The van der Waals surface area contributed by atoms with Gasteiger partial charge in [0.25, 0.3) is 0 Å². The van der Waals surface area contributed by atoms with E-state index in [1.54, 1.807) is 11.3 Å². The van der Waals surface area contributed by atoms with Gasteiger partial charge >= 0.3 is 0 Å². The van der Waals surface area contributed by atoms with E-state index in [0.29, 0.717) is 6.04 Å². The SMILES string of the molecule is CNC1CCN(Cc2scnc2C)CC1C. The summed E-state index contributed by atoms with van der Waals surface area (Å²) in [7, 11) is 2.07. The van der Waals surface area contributed by atoms with Gasteiger partial charge in [0.15, 0.2) is 0 Å². The molecule has 0 radical (unpaired) electrons. The average molecular weight is 239 g/mol. The second-order valence-corrected chi connectivity index (χ2v) is 5.70. The van der Waals surface area contributed by atoms with Crippen LogP contribution >= 0.6 is 11.3 Å². The second-order valence-electron chi connectivity index (χ2n) is 4.76. The molecule has 2 atom stereocenters. The first-order valence-electron chi connectivity index (χ1n) is 5.99. The minimum atomic E-state index is 0.693. The average Bonchev–Trinajstić information content (AvgIpc) is 2.65. The largest absolute Gasteiger partial charge is 0.317 e. The van der Waals surface area contributed by atoms with Crippen molar-refractivity contribution in [1.29, 1.82) is 0 Å². The van der Waals surface area contributed by atoms with Crippen molar-refractivity contribution in [3.8, 4) is 0 Å². The van der Waals surface area contributed by atoms with Gasteiger partial charge in [0.1, 0.15) is 0 Å². The third-order valence-corrected chi connectivity index (χ3v) is 4.49. The van der Waals surface area contributed by atoms with E-state index >= 15 is 0 Å². The number of nitrogens with zero attached hydrogens (tertiary/aromatic N) is 2. The van der Waals surface area contributed by atoms with Crippen LogP contribution in [0.5, 0.6) is 0 Å². The fourth-order valence-corrected chi connectivity index (χ4v) is 3.30. The molecule has 1 aromatic heterocycles. The Morgan fingerprint density at radius 2 is 2.44 bits per heavy atom. The maximum atomic E-state index is 4.31. The van der Waals surface area contributed by atoms with Crippen LogP contribution in [0.2, 0.25) is 0 Å². The number of likely N-dealkylation sites (tertiary alicyclic amines) is 1. The topological polar surface area (TPSA) is 28.2 Å². The first-order chi connectivity index (χ1) is 7.70. The third-order valence-electron chi connectivity index (χ3n) is 3.57. The van der Waals surface area contributed by atoms with Crippen molar-refractivity contribution in [2.45, 2.75) is 32.9 Å². The van der Waals surface area contributed by atoms with Crippen molar-refractivity contribution < 1.29 is 0 Å². The summed E-state index contributed by atoms with van der Waals surface area (Å²) in [4.78, 5) is 8.29. The molecule has 0 saturated carbocycles. The summed E-state index contributed by atoms with van der Waals surface area (Å²) in [6, 6.07) is 0.693. The van der Waals surface area contributed by atoms with Gasteiger partial charge < -0.3 is 5.32 Å². The fraction of sp³-hybridized carbons (Fsp3) is 0.750. The van der Waals surface area contributed by atoms with E-state index in [1.807, 2.05) is 5.51 Å². The van der Waals surface area contributed by atoms with Crippen LogP contribution < -0.4 is 5.32 Å². The van der Waals surface area contributed by atoms with Crippen LogP contribution in [-0.4, -0.2) is 36.1 Å². The molecule has 16 heavy (non-hydrogen) atoms. The molecule has 0 spiro atoms. The molecule has 1 fully saturated rings. The molecule has 1 saturated heterocycles. The van der Waals surface area contributed by atoms with Crippen molar-refractivity contribution in [1.82, 2.24) is 15.2 Å². The molecule has 0 amide bonds. The Morgan fingerprint density at radius 3 is 3.00 bits per heavy atom. The Bertz CT molecular complexity index is 337. The van der Waals surface area contributed by atoms with Crippen LogP contribution in [0.4, 0.5) is 0 Å². The van der Waals surface area contributed by atoms with Crippen molar-refractivity contribution in [3.63, 3.8) is 0 Å². The van der Waals surface area contributed by atoms with E-state index in [-0.39, 0.29) is 0 Å². The molecule has 3 nitrogen and oxygen atoms in total. The summed E-state index contributed by atoms with van der Waals surface area (Å²) < 4.78 is 0. The molecule has 1 aromatic rings. The lowest BCUT2D eigenvalue weighted by Crippen LogP contribution is -2.46. The molecule has 1 aliphatic rings. The maximum Gasteiger partial charge on any atom is 0.0798 e. The quantitative estimate of drug-likeness (QED) is 0.873. The van der Waals surface area contributed by atoms with Crippen LogP contribution in [0.1, 0.15) is 23.9 Å². The summed E-state index contributed by atoms with van der Waals surface area (Å²) in [5.41, 5.74) is 3.16. The predicted octanol–water partition coefficient (Wildman–Crippen LogP) is 1.88. The van der Waals surface area contributed by atoms with Gasteiger partial charge in [0, 0.05) is 30.6 Å². The van der Waals surface area contributed by atoms with E-state index in [2.05, 4.69) is 36.1 Å². The zero-order valence-electron chi connectivity index (χ0n) is 10.4. The van der Waals surface area contributed by atoms with Gasteiger partial charge in [-0.15, -0.1) is 11.3 Å². The van der Waals surface area contributed by atoms with Crippen LogP contribution in [0, 0.1) is 12.8 Å². The Balaban J connectivity index is 1.91. The van der Waals surface area contributed by atoms with Crippen LogP contribution in [0.25, 0.3) is 0 Å². The highest BCUT2D eigenvalue weighted by Gasteiger charge is 2.25. The number of hydrogen-bond donors (Lipinski definition) is 1. The number of thiazole rings is 1. The molecule has 90 valence electrons. The Morgan fingerprint density at radius 1 is 1.62 bits per heavy atom. The molecule has 0 aliphatic carbocycles. The first kappa shape index (κ1) is 12.0. The van der Waals surface area contributed by atoms with E-state index in [1.165, 1.54) is 30.1 Å². The van der Waals surface area contributed by atoms with Gasteiger partial charge in [-0.1, -0.05) is 6.92 Å². The standard InChI is InChI=1S/C12H21N3S/c1-9-6-15(5-4-11(9)13-3)7-12-10(2)14-8-16-12/h8-9,11,13H,4-7H2,1-3H3. The van der Waals surface area contributed by atoms with Crippen molar-refractivity contribution in [3.05, 3.63) is 16.1 Å². The molecule has 0 bridgehead atoms. The van der Waals surface area contributed by atoms with E-state index in [0.717, 1.165) is 12.5 Å². The predicted molar refractivity (Wildman–Crippen MR) is 68.8 cm³/mol. The summed E-state index contributed by atoms with van der Waals surface area (Å²) >= 11 is 1.78. The zero-order chi connectivity index (χ0) is 11.5. The molecule has 2 heterocycles. The van der Waals surface area contributed by atoms with Crippen LogP contribution in [0.3, 0.4) is 0 Å². The minimum Gasteiger partial charge on any atom is -0.317 e. The van der Waals surface area contributed by atoms with Gasteiger partial charge in [0.05, 0.1) is 11.2 Å². The summed E-state index contributed by atoms with van der Waals surface area (Å²) in [5.74, 6) is 0.743. The van der Waals surface area contributed by atoms with E-state index in [4.69, 9.17) is 0 Å². The Kier molecular flexibility index (Phi) is 3.95. The molecular weight excluding hydrogens is 218 g/mol. The van der Waals surface area contributed by atoms with Crippen molar-refractivity contribution in [2.24, 2.45) is 5.92 Å². The third kappa shape index (κ3) is 2.62. The summed E-state index contributed by atoms with van der Waals surface area (Å²) in [6.07, 6.45) is 1.26. The monoisotopic (exact) mass is 239 g/mol. The van der Waals surface area contributed by atoms with Crippen LogP contribution in [-0.2, 0) is 6.54 Å². The highest BCUT2D eigenvalue weighted by Crippen LogP contribution is 2.21. The molecular formula is C12H21N3S. The second kappa shape index (κ2) is 5.25. The molecule has 0 aromatic carbocycles. The highest BCUT2D eigenvalue weighted by atomic mass is 32.1. The number of aromatic nitrogens is 1. The summed E-state index contributed by atoms with van der Waals surface area (Å²) in [5, 5.41) is 3.41. The zero-order valence-corrected chi connectivity index (χ0v) is 11.2. The van der Waals surface area contributed by atoms with Crippen molar-refractivity contribution >= 4 is 11.3 Å².